The number of Topliss-reactive ketones (excluding diaryl/α,β-unsaturated/α-hetero) is 1. The summed E-state index contributed by atoms with van der Waals surface area (Å²) >= 11 is 0. The van der Waals surface area contributed by atoms with Crippen LogP contribution in [-0.2, 0) is 0 Å². The number of hydrogen-bond acceptors (Lipinski definition) is 2. The summed E-state index contributed by atoms with van der Waals surface area (Å²) in [5, 5.41) is 0. The van der Waals surface area contributed by atoms with Crippen LogP contribution in [0.3, 0.4) is 0 Å². The molecule has 0 amide bonds. The Labute approximate surface area is 119 Å². The second kappa shape index (κ2) is 7.49. The van der Waals surface area contributed by atoms with Crippen molar-refractivity contribution >= 4 is 5.78 Å². The van der Waals surface area contributed by atoms with Gasteiger partial charge in [0.05, 0.1) is 12.1 Å². The molecule has 0 bridgehead atoms. The van der Waals surface area contributed by atoms with Crippen molar-refractivity contribution in [1.29, 1.82) is 0 Å². The van der Waals surface area contributed by atoms with Crippen molar-refractivity contribution in [2.75, 3.05) is 19.6 Å². The van der Waals surface area contributed by atoms with Crippen LogP contribution in [0.1, 0.15) is 30.1 Å². The average Bonchev–Trinajstić information content (AvgIpc) is 2.37. The van der Waals surface area contributed by atoms with E-state index in [4.69, 9.17) is 0 Å². The van der Waals surface area contributed by atoms with Gasteiger partial charge < -0.3 is 0 Å². The maximum absolute atomic E-state index is 13.4. The van der Waals surface area contributed by atoms with Crippen LogP contribution >= 0.6 is 0 Å². The Balaban J connectivity index is 2.67. The van der Waals surface area contributed by atoms with E-state index in [2.05, 4.69) is 0 Å². The van der Waals surface area contributed by atoms with E-state index >= 15 is 0 Å². The predicted octanol–water partition coefficient (Wildman–Crippen LogP) is 3.81. The molecule has 2 nitrogen and oxygen atoms in total. The predicted molar refractivity (Wildman–Crippen MR) is 68.1 cm³/mol. The molecule has 118 valence electrons. The van der Waals surface area contributed by atoms with E-state index in [9.17, 15) is 26.7 Å². The Morgan fingerprint density at radius 1 is 1.19 bits per heavy atom. The summed E-state index contributed by atoms with van der Waals surface area (Å²) in [6, 6.07) is 3.18. The zero-order chi connectivity index (χ0) is 16.0. The monoisotopic (exact) mass is 309 g/mol. The highest BCUT2D eigenvalue weighted by molar-refractivity contribution is 5.96. The van der Waals surface area contributed by atoms with Crippen LogP contribution in [0.15, 0.2) is 18.2 Å². The second-order valence-corrected chi connectivity index (χ2v) is 4.67. The van der Waals surface area contributed by atoms with E-state index in [0.29, 0.717) is 6.42 Å². The summed E-state index contributed by atoms with van der Waals surface area (Å²) < 4.78 is 63.5. The Hall–Kier alpha value is -1.50. The highest BCUT2D eigenvalue weighted by atomic mass is 19.4. The Morgan fingerprint density at radius 2 is 1.86 bits per heavy atom. The van der Waals surface area contributed by atoms with Crippen molar-refractivity contribution in [2.24, 2.45) is 0 Å². The van der Waals surface area contributed by atoms with Crippen LogP contribution in [0.5, 0.6) is 0 Å². The average molecular weight is 309 g/mol. The summed E-state index contributed by atoms with van der Waals surface area (Å²) in [6.07, 6.45) is -4.16. The van der Waals surface area contributed by atoms with E-state index in [-0.39, 0.29) is 19.5 Å². The lowest BCUT2D eigenvalue weighted by Crippen LogP contribution is -2.36. The number of alkyl halides is 3. The fraction of sp³-hybridized carbons (Fsp3) is 0.500. The van der Waals surface area contributed by atoms with Gasteiger partial charge in [0.15, 0.2) is 17.4 Å². The van der Waals surface area contributed by atoms with Crippen molar-refractivity contribution in [3.63, 3.8) is 0 Å². The van der Waals surface area contributed by atoms with E-state index in [0.717, 1.165) is 17.0 Å². The molecule has 1 aromatic rings. The van der Waals surface area contributed by atoms with Gasteiger partial charge in [-0.15, -0.1) is 0 Å². The summed E-state index contributed by atoms with van der Waals surface area (Å²) in [4.78, 5) is 12.9. The summed E-state index contributed by atoms with van der Waals surface area (Å²) in [5.41, 5.74) is -0.432. The molecule has 0 aliphatic carbocycles. The minimum absolute atomic E-state index is 0.151. The molecule has 7 heteroatoms. The first kappa shape index (κ1) is 17.6. The van der Waals surface area contributed by atoms with Gasteiger partial charge in [-0.25, -0.2) is 8.78 Å². The summed E-state index contributed by atoms with van der Waals surface area (Å²) in [7, 11) is 0. The molecule has 0 aromatic heterocycles. The molecule has 1 aromatic carbocycles. The van der Waals surface area contributed by atoms with Crippen molar-refractivity contribution < 1.29 is 26.7 Å². The van der Waals surface area contributed by atoms with Crippen LogP contribution in [0.2, 0.25) is 0 Å². The maximum atomic E-state index is 13.4. The lowest BCUT2D eigenvalue weighted by Gasteiger charge is -2.22. The lowest BCUT2D eigenvalue weighted by molar-refractivity contribution is -0.145. The first-order valence-corrected chi connectivity index (χ1v) is 6.51. The molecule has 0 spiro atoms. The first-order chi connectivity index (χ1) is 9.74. The van der Waals surface area contributed by atoms with Crippen LogP contribution < -0.4 is 0 Å². The Bertz CT molecular complexity index is 487. The number of benzene rings is 1. The van der Waals surface area contributed by atoms with Gasteiger partial charge in [0.25, 0.3) is 0 Å². The van der Waals surface area contributed by atoms with Gasteiger partial charge in [0.1, 0.15) is 0 Å². The molecule has 21 heavy (non-hydrogen) atoms. The number of carbonyl (C=O) groups excluding carboxylic acids is 1. The Kier molecular flexibility index (Phi) is 6.26. The molecule has 0 fully saturated rings. The molecule has 0 atom stereocenters. The fourth-order valence-corrected chi connectivity index (χ4v) is 1.95. The smallest absolute Gasteiger partial charge is 0.295 e. The standard InChI is InChI=1S/C14H16F5NO/c1-2-7-20(9-14(17,18)19)8-6-12(21)10-4-3-5-11(15)13(10)16/h3-5H,2,6-9H2,1H3. The van der Waals surface area contributed by atoms with Gasteiger partial charge in [-0.1, -0.05) is 13.0 Å². The Morgan fingerprint density at radius 3 is 2.43 bits per heavy atom. The van der Waals surface area contributed by atoms with Crippen LogP contribution in [0.4, 0.5) is 22.0 Å². The van der Waals surface area contributed by atoms with E-state index in [1.807, 2.05) is 0 Å². The minimum atomic E-state index is -4.36. The van der Waals surface area contributed by atoms with Gasteiger partial charge >= 0.3 is 6.18 Å². The van der Waals surface area contributed by atoms with Crippen LogP contribution in [0, 0.1) is 11.6 Å². The summed E-state index contributed by atoms with van der Waals surface area (Å²) in [5.74, 6) is -3.13. The quantitative estimate of drug-likeness (QED) is 0.564. The third-order valence-corrected chi connectivity index (χ3v) is 2.85. The maximum Gasteiger partial charge on any atom is 0.401 e. The van der Waals surface area contributed by atoms with E-state index in [1.165, 1.54) is 6.07 Å². The number of halogens is 5. The molecule has 0 radical (unpaired) electrons. The van der Waals surface area contributed by atoms with Crippen molar-refractivity contribution in [2.45, 2.75) is 25.9 Å². The lowest BCUT2D eigenvalue weighted by atomic mass is 10.1. The molecule has 0 heterocycles. The molecular weight excluding hydrogens is 293 g/mol. The van der Waals surface area contributed by atoms with Crippen molar-refractivity contribution in [3.05, 3.63) is 35.4 Å². The molecule has 0 saturated carbocycles. The molecule has 1 rings (SSSR count). The van der Waals surface area contributed by atoms with E-state index < -0.39 is 35.7 Å². The van der Waals surface area contributed by atoms with Crippen molar-refractivity contribution in [3.8, 4) is 0 Å². The number of ketones is 1. The molecular formula is C14H16F5NO. The molecule has 0 aliphatic rings. The van der Waals surface area contributed by atoms with Gasteiger partial charge in [0.2, 0.25) is 0 Å². The zero-order valence-corrected chi connectivity index (χ0v) is 11.5. The number of rotatable bonds is 7. The normalized spacial score (nSPS) is 12.0. The number of carbonyl (C=O) groups is 1. The first-order valence-electron chi connectivity index (χ1n) is 6.51. The van der Waals surface area contributed by atoms with Crippen LogP contribution in [-0.4, -0.2) is 36.5 Å². The third kappa shape index (κ3) is 5.79. The second-order valence-electron chi connectivity index (χ2n) is 4.67. The number of hydrogen-bond donors (Lipinski definition) is 0. The largest absolute Gasteiger partial charge is 0.401 e. The van der Waals surface area contributed by atoms with Crippen LogP contribution in [0.25, 0.3) is 0 Å². The number of nitrogens with zero attached hydrogens (tertiary/aromatic N) is 1. The SMILES string of the molecule is CCCN(CCC(=O)c1cccc(F)c1F)CC(F)(F)F. The topological polar surface area (TPSA) is 20.3 Å². The van der Waals surface area contributed by atoms with Crippen molar-refractivity contribution in [1.82, 2.24) is 4.90 Å². The molecule has 0 unspecified atom stereocenters. The van der Waals surface area contributed by atoms with Gasteiger partial charge in [-0.05, 0) is 25.1 Å². The summed E-state index contributed by atoms with van der Waals surface area (Å²) in [6.45, 7) is 0.623. The van der Waals surface area contributed by atoms with Gasteiger partial charge in [-0.3, -0.25) is 9.69 Å². The third-order valence-electron chi connectivity index (χ3n) is 2.85. The molecule has 0 aliphatic heterocycles. The molecule has 0 N–H and O–H groups in total. The zero-order valence-electron chi connectivity index (χ0n) is 11.5. The van der Waals surface area contributed by atoms with E-state index in [1.54, 1.807) is 6.92 Å². The fourth-order valence-electron chi connectivity index (χ4n) is 1.95. The van der Waals surface area contributed by atoms with Gasteiger partial charge in [-0.2, -0.15) is 13.2 Å². The molecule has 0 saturated heterocycles. The van der Waals surface area contributed by atoms with Gasteiger partial charge in [0, 0.05) is 13.0 Å². The highest BCUT2D eigenvalue weighted by Crippen LogP contribution is 2.18. The highest BCUT2D eigenvalue weighted by Gasteiger charge is 2.30. The minimum Gasteiger partial charge on any atom is -0.295 e.